The third kappa shape index (κ3) is 12.9. The van der Waals surface area contributed by atoms with E-state index in [1.165, 1.54) is 0 Å². The maximum absolute atomic E-state index is 3.81. The van der Waals surface area contributed by atoms with E-state index in [0.717, 1.165) is 90.2 Å². The molecule has 344 valence electrons. The van der Waals surface area contributed by atoms with E-state index in [-0.39, 0.29) is 68.3 Å². The van der Waals surface area contributed by atoms with E-state index >= 15 is 0 Å². The number of rotatable bonds is 4. The molecule has 4 nitrogen and oxygen atoms in total. The van der Waals surface area contributed by atoms with Crippen LogP contribution in [0.2, 0.25) is 0 Å². The van der Waals surface area contributed by atoms with Crippen LogP contribution < -0.4 is 20.0 Å². The van der Waals surface area contributed by atoms with Crippen LogP contribution in [0.3, 0.4) is 0 Å². The molecule has 0 fully saturated rings. The first-order valence-corrected chi connectivity index (χ1v) is 21.6. The molecule has 8 bridgehead atoms. The molecule has 0 atom stereocenters. The Morgan fingerprint density at radius 3 is 0.559 bits per heavy atom. The summed E-state index contributed by atoms with van der Waals surface area (Å²) in [4.78, 5) is 15.3. The van der Waals surface area contributed by atoms with Crippen molar-refractivity contribution in [1.82, 2.24) is 0 Å². The van der Waals surface area contributed by atoms with Crippen molar-refractivity contribution in [1.29, 1.82) is 0 Å². The molecule has 8 heteroatoms. The summed E-state index contributed by atoms with van der Waals surface area (Å²) in [7, 11) is 0. The Hall–Kier alpha value is -6.52. The maximum Gasteiger partial charge on any atom is 0.147 e. The van der Waals surface area contributed by atoms with Gasteiger partial charge in [-0.05, 0) is 48.6 Å². The molecule has 0 spiro atoms. The molecular weight excluding hydrogens is 1000 g/mol. The first kappa shape index (κ1) is 52.4. The molecule has 5 aliphatic heterocycles. The van der Waals surface area contributed by atoms with Crippen LogP contribution in [0, 0.1) is 0 Å². The Kier molecular flexibility index (Phi) is 20.6. The Labute approximate surface area is 441 Å². The summed E-state index contributed by atoms with van der Waals surface area (Å²) in [5.74, 6) is 0. The third-order valence-corrected chi connectivity index (χ3v) is 10.9. The fourth-order valence-corrected chi connectivity index (χ4v) is 8.02. The average molecular weight is 1050 g/mol. The monoisotopic (exact) mass is 1050 g/mol. The number of hydrogen-bond acceptors (Lipinski definition) is 0. The Balaban J connectivity index is 0.000000298. The van der Waals surface area contributed by atoms with E-state index in [1.54, 1.807) is 0 Å². The average Bonchev–Trinajstić information content (AvgIpc) is 4.17. The standard InChI is InChI=1S/C40H24N4.4C5H5.4Fe/c1-2-10-25(9-1)37-29-17-19-31(41-29)38(26-11-3-4-12-26)33-21-23-35(43-33)40(28-15-7-8-16-28)36-24-22-34(44-36)39(27-13-5-6-14-27)32-20-18-30(37)42-32;4*1-2-4-5-3-1;;;;/h1-24H;4*1-5H;;;;/q-4;4*-1;;;;/p+4. The molecule has 0 saturated carbocycles. The van der Waals surface area contributed by atoms with Crippen molar-refractivity contribution < 1.29 is 88.2 Å². The number of hydrogen-bond donors (Lipinski definition) is 4. The van der Waals surface area contributed by atoms with Crippen LogP contribution in [0.1, 0.15) is 22.3 Å². The zero-order chi connectivity index (χ0) is 43.2. The molecule has 13 rings (SSSR count). The minimum Gasteiger partial charge on any atom is -0.269 e. The zero-order valence-corrected chi connectivity index (χ0v) is 41.2. The molecule has 8 aromatic rings. The van der Waals surface area contributed by atoms with Gasteiger partial charge in [0.2, 0.25) is 0 Å². The second kappa shape index (κ2) is 26.7. The summed E-state index contributed by atoms with van der Waals surface area (Å²) in [5.41, 5.74) is 17.7. The van der Waals surface area contributed by atoms with Crippen LogP contribution in [0.4, 0.5) is 0 Å². The van der Waals surface area contributed by atoms with E-state index < -0.39 is 0 Å². The zero-order valence-electron chi connectivity index (χ0n) is 36.8. The van der Waals surface area contributed by atoms with Gasteiger partial charge >= 0.3 is 0 Å². The fourth-order valence-electron chi connectivity index (χ4n) is 8.02. The Morgan fingerprint density at radius 2 is 0.412 bits per heavy atom. The second-order valence-corrected chi connectivity index (χ2v) is 15.2. The third-order valence-electron chi connectivity index (χ3n) is 10.9. The molecule has 0 aliphatic carbocycles. The second-order valence-electron chi connectivity index (χ2n) is 15.2. The predicted octanol–water partition coefficient (Wildman–Crippen LogP) is 6.50. The van der Waals surface area contributed by atoms with E-state index in [2.05, 4.69) is 166 Å². The largest absolute Gasteiger partial charge is 0.269 e. The molecule has 0 amide bonds. The summed E-state index contributed by atoms with van der Waals surface area (Å²) in [5, 5.41) is 0. The van der Waals surface area contributed by atoms with E-state index in [0.29, 0.717) is 0 Å². The van der Waals surface area contributed by atoms with Gasteiger partial charge in [0.05, 0.1) is 0 Å². The van der Waals surface area contributed by atoms with Crippen molar-refractivity contribution in [3.8, 4) is 0 Å². The van der Waals surface area contributed by atoms with Crippen LogP contribution in [0.25, 0.3) is 22.3 Å². The molecule has 8 aromatic carbocycles. The first-order chi connectivity index (χ1) is 31.8. The molecule has 0 aromatic heterocycles. The van der Waals surface area contributed by atoms with Gasteiger partial charge in [0, 0.05) is 90.6 Å². The van der Waals surface area contributed by atoms with Gasteiger partial charge in [-0.25, -0.2) is 48.5 Å². The fraction of sp³-hybridized carbons (Fsp3) is 0. The van der Waals surface area contributed by atoms with Crippen molar-refractivity contribution >= 4 is 45.1 Å². The van der Waals surface area contributed by atoms with Gasteiger partial charge in [0.25, 0.3) is 0 Å². The van der Waals surface area contributed by atoms with Crippen LogP contribution in [0.15, 0.2) is 290 Å². The van der Waals surface area contributed by atoms with Crippen molar-refractivity contribution in [2.45, 2.75) is 0 Å². The van der Waals surface area contributed by atoms with Gasteiger partial charge in [-0.15, -0.1) is 48.5 Å². The predicted molar refractivity (Wildman–Crippen MR) is 264 cm³/mol. The first-order valence-electron chi connectivity index (χ1n) is 21.6. The van der Waals surface area contributed by atoms with Gasteiger partial charge in [-0.3, -0.25) is 20.0 Å². The van der Waals surface area contributed by atoms with E-state index in [4.69, 9.17) is 0 Å². The van der Waals surface area contributed by atoms with E-state index in [9.17, 15) is 0 Å². The minimum atomic E-state index is 0. The van der Waals surface area contributed by atoms with Gasteiger partial charge in [0.1, 0.15) is 45.6 Å². The smallest absolute Gasteiger partial charge is 0.147 e. The van der Waals surface area contributed by atoms with Crippen LogP contribution in [0.5, 0.6) is 0 Å². The number of allylic oxidation sites excluding steroid dienone is 12. The van der Waals surface area contributed by atoms with Crippen LogP contribution >= 0.6 is 0 Å². The summed E-state index contributed by atoms with van der Waals surface area (Å²) in [6.07, 6.45) is 17.6. The van der Waals surface area contributed by atoms with Crippen molar-refractivity contribution in [3.63, 3.8) is 0 Å². The van der Waals surface area contributed by atoms with Crippen molar-refractivity contribution in [2.75, 3.05) is 0 Å². The molecule has 0 unspecified atom stereocenters. The molecule has 0 radical (unpaired) electrons. The Bertz CT molecular complexity index is 2570. The van der Waals surface area contributed by atoms with Crippen molar-refractivity contribution in [2.24, 2.45) is 0 Å². The summed E-state index contributed by atoms with van der Waals surface area (Å²) in [6.45, 7) is 0. The quantitative estimate of drug-likeness (QED) is 0.115. The molecule has 0 saturated heterocycles. The minimum absolute atomic E-state index is 0. The topological polar surface area (TPSA) is 55.9 Å². The van der Waals surface area contributed by atoms with Crippen molar-refractivity contribution in [3.05, 3.63) is 312 Å². The summed E-state index contributed by atoms with van der Waals surface area (Å²) >= 11 is 0. The molecule has 68 heavy (non-hydrogen) atoms. The maximum atomic E-state index is 3.81. The Morgan fingerprint density at radius 1 is 0.235 bits per heavy atom. The van der Waals surface area contributed by atoms with Gasteiger partial charge in [0.15, 0.2) is 0 Å². The summed E-state index contributed by atoms with van der Waals surface area (Å²) in [6, 6.07) is 74.2. The van der Waals surface area contributed by atoms with E-state index in [1.807, 2.05) is 121 Å². The number of nitrogens with one attached hydrogen (secondary N) is 4. The summed E-state index contributed by atoms with van der Waals surface area (Å²) < 4.78 is 0. The van der Waals surface area contributed by atoms with Gasteiger partial charge in [-0.1, -0.05) is 22.3 Å². The normalized spacial score (nSPS) is 14.5. The molecular formula is C60H48Fe4N4-4. The SMILES string of the molecule is C1=CC2=C([c-]3cccc3)C3=[NH+]C(=C([c-]4cccc4)C4=[NH+]C(=C([c-]5cccc5)C5=[NH+]C(=C([c-]6cccc6)C1=[NH+]2)C=C5)C=C4)C=C3.[Fe].[Fe].[Fe].[Fe].c1cc[cH-]c1.c1cc[cH-]c1.c1cc[cH-]c1.c1cc[cH-]c1. The molecule has 4 N–H and O–H groups in total. The van der Waals surface area contributed by atoms with Gasteiger partial charge in [-0.2, -0.15) is 121 Å². The van der Waals surface area contributed by atoms with Crippen LogP contribution in [-0.2, 0) is 68.3 Å². The number of fused-ring (bicyclic) bond motifs is 4. The molecule has 5 heterocycles. The van der Waals surface area contributed by atoms with Crippen LogP contribution in [-0.4, -0.2) is 22.8 Å². The molecule has 5 aliphatic rings. The van der Waals surface area contributed by atoms with Gasteiger partial charge < -0.3 is 0 Å².